The summed E-state index contributed by atoms with van der Waals surface area (Å²) in [6, 6.07) is 0. The summed E-state index contributed by atoms with van der Waals surface area (Å²) in [5.41, 5.74) is 0. The molecule has 1 rings (SSSR count). The van der Waals surface area contributed by atoms with Crippen molar-refractivity contribution < 1.29 is 19.4 Å². The molecule has 5 heteroatoms. The number of hydrogen-bond donors (Lipinski definition) is 1. The molecular weight excluding hydrogens is 208 g/mol. The summed E-state index contributed by atoms with van der Waals surface area (Å²) in [7, 11) is 2.83. The van der Waals surface area contributed by atoms with Crippen molar-refractivity contribution in [2.24, 2.45) is 5.92 Å². The quantitative estimate of drug-likeness (QED) is 0.727. The molecule has 2 atom stereocenters. The van der Waals surface area contributed by atoms with Crippen LogP contribution in [0.15, 0.2) is 24.0 Å². The molecule has 0 amide bonds. The second-order valence-electron chi connectivity index (χ2n) is 2.83. The van der Waals surface area contributed by atoms with Crippen LogP contribution in [-0.2, 0) is 14.3 Å². The van der Waals surface area contributed by atoms with Crippen molar-refractivity contribution >= 4 is 17.6 Å². The zero-order chi connectivity index (χ0) is 10.8. The highest BCUT2D eigenvalue weighted by Gasteiger charge is 2.41. The fourth-order valence-corrected chi connectivity index (χ4v) is 1.49. The number of halogens is 1. The maximum absolute atomic E-state index is 10.8. The topological polar surface area (TPSA) is 55.8 Å². The Labute approximate surface area is 86.8 Å². The number of alkyl halides is 1. The number of hydrogen-bond acceptors (Lipinski definition) is 3. The lowest BCUT2D eigenvalue weighted by atomic mass is 9.96. The van der Waals surface area contributed by atoms with Gasteiger partial charge in [0.1, 0.15) is 11.7 Å². The molecule has 14 heavy (non-hydrogen) atoms. The molecule has 1 aliphatic carbocycles. The molecule has 0 saturated carbocycles. The third-order valence-electron chi connectivity index (χ3n) is 2.03. The molecule has 0 saturated heterocycles. The van der Waals surface area contributed by atoms with E-state index in [-0.39, 0.29) is 0 Å². The number of rotatable bonds is 3. The van der Waals surface area contributed by atoms with Gasteiger partial charge in [-0.2, -0.15) is 0 Å². The number of carboxylic acids is 1. The lowest BCUT2D eigenvalue weighted by Gasteiger charge is -2.29. The van der Waals surface area contributed by atoms with Crippen LogP contribution < -0.4 is 0 Å². The molecule has 1 N–H and O–H groups in total. The first-order valence-corrected chi connectivity index (χ1v) is 4.33. The lowest BCUT2D eigenvalue weighted by molar-refractivity contribution is -0.144. The number of carbonyl (C=O) groups is 1. The molecule has 0 aromatic carbocycles. The molecular formula is C9H11ClO4. The minimum atomic E-state index is -1.37. The Hall–Kier alpha value is -1.00. The fraction of sp³-hybridized carbons (Fsp3) is 0.444. The zero-order valence-electron chi connectivity index (χ0n) is 7.86. The van der Waals surface area contributed by atoms with E-state index in [1.165, 1.54) is 26.4 Å². The predicted octanol–water partition coefficient (Wildman–Crippen LogP) is 1.37. The van der Waals surface area contributed by atoms with Gasteiger partial charge in [0.15, 0.2) is 5.06 Å². The van der Waals surface area contributed by atoms with Crippen molar-refractivity contribution in [3.8, 4) is 0 Å². The van der Waals surface area contributed by atoms with E-state index in [0.29, 0.717) is 5.76 Å². The first-order chi connectivity index (χ1) is 6.53. The van der Waals surface area contributed by atoms with Crippen molar-refractivity contribution in [1.82, 2.24) is 0 Å². The molecule has 0 aromatic heterocycles. The molecule has 0 spiro atoms. The van der Waals surface area contributed by atoms with Gasteiger partial charge in [-0.3, -0.25) is 4.79 Å². The van der Waals surface area contributed by atoms with E-state index in [2.05, 4.69) is 0 Å². The van der Waals surface area contributed by atoms with Crippen LogP contribution in [0.1, 0.15) is 0 Å². The van der Waals surface area contributed by atoms with Gasteiger partial charge in [-0.25, -0.2) is 0 Å². The molecule has 0 aliphatic heterocycles. The minimum Gasteiger partial charge on any atom is -0.497 e. The normalized spacial score (nSPS) is 31.1. The van der Waals surface area contributed by atoms with Crippen LogP contribution in [0.25, 0.3) is 0 Å². The van der Waals surface area contributed by atoms with Gasteiger partial charge in [0, 0.05) is 13.2 Å². The van der Waals surface area contributed by atoms with E-state index >= 15 is 0 Å². The molecule has 2 unspecified atom stereocenters. The summed E-state index contributed by atoms with van der Waals surface area (Å²) >= 11 is 5.98. The van der Waals surface area contributed by atoms with Crippen molar-refractivity contribution in [1.29, 1.82) is 0 Å². The predicted molar refractivity (Wildman–Crippen MR) is 51.0 cm³/mol. The molecule has 0 aromatic rings. The zero-order valence-corrected chi connectivity index (χ0v) is 8.62. The Bertz CT molecular complexity index is 297. The number of ether oxygens (including phenoxy) is 2. The Kier molecular flexibility index (Phi) is 3.18. The Balaban J connectivity index is 3.01. The first-order valence-electron chi connectivity index (χ1n) is 3.95. The van der Waals surface area contributed by atoms with Gasteiger partial charge in [0.25, 0.3) is 0 Å². The van der Waals surface area contributed by atoms with Crippen molar-refractivity contribution in [3.63, 3.8) is 0 Å². The first kappa shape index (κ1) is 11.1. The Morgan fingerprint density at radius 3 is 2.71 bits per heavy atom. The summed E-state index contributed by atoms with van der Waals surface area (Å²) in [5.74, 6) is -1.46. The van der Waals surface area contributed by atoms with E-state index in [1.807, 2.05) is 0 Å². The fourth-order valence-electron chi connectivity index (χ4n) is 1.22. The third-order valence-corrected chi connectivity index (χ3v) is 2.53. The number of methoxy groups -OCH3 is 2. The van der Waals surface area contributed by atoms with Crippen LogP contribution >= 0.6 is 11.6 Å². The van der Waals surface area contributed by atoms with Gasteiger partial charge < -0.3 is 14.6 Å². The Morgan fingerprint density at radius 2 is 2.29 bits per heavy atom. The average molecular weight is 219 g/mol. The molecule has 78 valence electrons. The molecule has 0 radical (unpaired) electrons. The van der Waals surface area contributed by atoms with Crippen molar-refractivity contribution in [2.75, 3.05) is 14.2 Å². The lowest BCUT2D eigenvalue weighted by Crippen LogP contribution is -2.38. The summed E-state index contributed by atoms with van der Waals surface area (Å²) < 4.78 is 9.89. The van der Waals surface area contributed by atoms with Crippen molar-refractivity contribution in [3.05, 3.63) is 24.0 Å². The van der Waals surface area contributed by atoms with E-state index in [4.69, 9.17) is 26.2 Å². The minimum absolute atomic E-state index is 0.486. The molecule has 4 nitrogen and oxygen atoms in total. The molecule has 0 fully saturated rings. The third kappa shape index (κ3) is 1.91. The van der Waals surface area contributed by atoms with Gasteiger partial charge in [-0.05, 0) is 6.08 Å². The summed E-state index contributed by atoms with van der Waals surface area (Å²) in [6.45, 7) is 0. The highest BCUT2D eigenvalue weighted by molar-refractivity contribution is 6.26. The van der Waals surface area contributed by atoms with Gasteiger partial charge in [-0.15, -0.1) is 0 Å². The average Bonchev–Trinajstić information content (AvgIpc) is 2.17. The van der Waals surface area contributed by atoms with E-state index in [0.717, 1.165) is 0 Å². The van der Waals surface area contributed by atoms with Gasteiger partial charge >= 0.3 is 5.97 Å². The summed E-state index contributed by atoms with van der Waals surface area (Å²) in [4.78, 5) is 10.8. The van der Waals surface area contributed by atoms with Crippen LogP contribution in [0, 0.1) is 5.92 Å². The largest absolute Gasteiger partial charge is 0.497 e. The van der Waals surface area contributed by atoms with Crippen LogP contribution in [-0.4, -0.2) is 30.4 Å². The highest BCUT2D eigenvalue weighted by Crippen LogP contribution is 2.34. The second-order valence-corrected chi connectivity index (χ2v) is 3.42. The van der Waals surface area contributed by atoms with Crippen LogP contribution in [0.4, 0.5) is 0 Å². The van der Waals surface area contributed by atoms with Crippen LogP contribution in [0.2, 0.25) is 0 Å². The maximum Gasteiger partial charge on any atom is 0.315 e. The molecule has 0 bridgehead atoms. The van der Waals surface area contributed by atoms with Gasteiger partial charge in [-0.1, -0.05) is 17.7 Å². The smallest absolute Gasteiger partial charge is 0.315 e. The number of aliphatic carboxylic acids is 1. The summed E-state index contributed by atoms with van der Waals surface area (Å²) in [6.07, 6.45) is 4.43. The molecule has 1 aliphatic rings. The van der Waals surface area contributed by atoms with Crippen LogP contribution in [0.3, 0.4) is 0 Å². The van der Waals surface area contributed by atoms with E-state index in [1.54, 1.807) is 6.08 Å². The Morgan fingerprint density at radius 1 is 1.64 bits per heavy atom. The van der Waals surface area contributed by atoms with Gasteiger partial charge in [0.2, 0.25) is 0 Å². The SMILES string of the molecule is COC1=CC(Cl)(OC)C(C(=O)O)C=C1. The number of carboxylic acid groups (broad SMARTS) is 1. The number of allylic oxidation sites excluding steroid dienone is 1. The van der Waals surface area contributed by atoms with Crippen molar-refractivity contribution in [2.45, 2.75) is 5.06 Å². The highest BCUT2D eigenvalue weighted by atomic mass is 35.5. The monoisotopic (exact) mass is 218 g/mol. The molecule has 0 heterocycles. The standard InChI is InChI=1S/C9H11ClO4/c1-13-6-3-4-7(8(11)12)9(10,5-6)14-2/h3-5,7H,1-2H3,(H,11,12). The maximum atomic E-state index is 10.8. The van der Waals surface area contributed by atoms with E-state index in [9.17, 15) is 4.79 Å². The second kappa shape index (κ2) is 4.02. The summed E-state index contributed by atoms with van der Waals surface area (Å²) in [5, 5.41) is 7.51. The van der Waals surface area contributed by atoms with Crippen LogP contribution in [0.5, 0.6) is 0 Å². The van der Waals surface area contributed by atoms with E-state index < -0.39 is 16.9 Å². The van der Waals surface area contributed by atoms with Gasteiger partial charge in [0.05, 0.1) is 7.11 Å².